The van der Waals surface area contributed by atoms with Gasteiger partial charge in [-0.1, -0.05) is 6.92 Å². The fourth-order valence-electron chi connectivity index (χ4n) is 2.54. The van der Waals surface area contributed by atoms with Crippen molar-refractivity contribution in [3.05, 3.63) is 23.5 Å². The highest BCUT2D eigenvalue weighted by Gasteiger charge is 2.34. The van der Waals surface area contributed by atoms with E-state index in [0.717, 1.165) is 18.9 Å². The molecule has 2 unspecified atom stereocenters. The third-order valence-electron chi connectivity index (χ3n) is 4.03. The fraction of sp³-hybridized carbons (Fsp3) is 0.571. The highest BCUT2D eigenvalue weighted by Crippen LogP contribution is 2.30. The van der Waals surface area contributed by atoms with Gasteiger partial charge in [0.1, 0.15) is 5.82 Å². The number of hydrogen-bond donors (Lipinski definition) is 1. The molecule has 0 amide bonds. The Labute approximate surface area is 119 Å². The van der Waals surface area contributed by atoms with Crippen LogP contribution in [0.1, 0.15) is 32.3 Å². The zero-order chi connectivity index (χ0) is 15.1. The lowest BCUT2D eigenvalue weighted by Gasteiger charge is -2.35. The number of nitrogens with two attached hydrogens (primary N) is 1. The number of piperidine rings is 1. The zero-order valence-corrected chi connectivity index (χ0v) is 12.9. The maximum absolute atomic E-state index is 13.7. The Hall–Kier alpha value is -1.14. The molecule has 0 saturated carbocycles. The molecule has 0 spiro atoms. The molecule has 20 heavy (non-hydrogen) atoms. The predicted octanol–water partition coefficient (Wildman–Crippen LogP) is 2.53. The molecule has 1 heterocycles. The van der Waals surface area contributed by atoms with Crippen molar-refractivity contribution in [1.29, 1.82) is 0 Å². The van der Waals surface area contributed by atoms with Crippen molar-refractivity contribution >= 4 is 15.7 Å². The quantitative estimate of drug-likeness (QED) is 0.854. The third-order valence-corrected chi connectivity index (χ3v) is 5.98. The molecule has 112 valence electrons. The number of nitrogens with zero attached hydrogens (tertiary/aromatic N) is 1. The van der Waals surface area contributed by atoms with Crippen molar-refractivity contribution in [1.82, 2.24) is 4.31 Å². The van der Waals surface area contributed by atoms with E-state index in [0.29, 0.717) is 12.5 Å². The van der Waals surface area contributed by atoms with Gasteiger partial charge in [0.2, 0.25) is 10.0 Å². The summed E-state index contributed by atoms with van der Waals surface area (Å²) >= 11 is 0. The van der Waals surface area contributed by atoms with Crippen molar-refractivity contribution in [2.24, 2.45) is 5.92 Å². The van der Waals surface area contributed by atoms with Gasteiger partial charge in [-0.2, -0.15) is 4.31 Å². The molecular weight excluding hydrogens is 279 g/mol. The molecule has 0 radical (unpaired) electrons. The molecule has 1 fully saturated rings. The van der Waals surface area contributed by atoms with Gasteiger partial charge in [-0.3, -0.25) is 0 Å². The minimum absolute atomic E-state index is 0.0564. The zero-order valence-electron chi connectivity index (χ0n) is 12.1. The van der Waals surface area contributed by atoms with Gasteiger partial charge in [0.25, 0.3) is 0 Å². The predicted molar refractivity (Wildman–Crippen MR) is 77.3 cm³/mol. The van der Waals surface area contributed by atoms with E-state index in [-0.39, 0.29) is 22.2 Å². The van der Waals surface area contributed by atoms with Crippen LogP contribution in [-0.2, 0) is 10.0 Å². The van der Waals surface area contributed by atoms with Crippen LogP contribution in [0.5, 0.6) is 0 Å². The maximum atomic E-state index is 13.7. The Morgan fingerprint density at radius 3 is 2.55 bits per heavy atom. The first kappa shape index (κ1) is 15.3. The van der Waals surface area contributed by atoms with Crippen molar-refractivity contribution in [2.75, 3.05) is 12.3 Å². The summed E-state index contributed by atoms with van der Waals surface area (Å²) in [5.41, 5.74) is 6.14. The molecule has 1 aromatic carbocycles. The molecule has 0 aliphatic carbocycles. The van der Waals surface area contributed by atoms with E-state index in [4.69, 9.17) is 5.73 Å². The van der Waals surface area contributed by atoms with E-state index < -0.39 is 15.8 Å². The average Bonchev–Trinajstić information content (AvgIpc) is 2.38. The molecule has 1 saturated heterocycles. The van der Waals surface area contributed by atoms with E-state index in [1.165, 1.54) is 17.3 Å². The summed E-state index contributed by atoms with van der Waals surface area (Å²) in [4.78, 5) is -0.0564. The number of nitrogen functional groups attached to an aromatic ring is 1. The summed E-state index contributed by atoms with van der Waals surface area (Å²) in [6.07, 6.45) is 1.84. The minimum atomic E-state index is -3.69. The maximum Gasteiger partial charge on any atom is 0.243 e. The van der Waals surface area contributed by atoms with Crippen LogP contribution in [-0.4, -0.2) is 25.3 Å². The van der Waals surface area contributed by atoms with Gasteiger partial charge in [0.15, 0.2) is 0 Å². The van der Waals surface area contributed by atoms with Crippen molar-refractivity contribution in [3.8, 4) is 0 Å². The Morgan fingerprint density at radius 1 is 1.30 bits per heavy atom. The lowest BCUT2D eigenvalue weighted by atomic mass is 9.97. The van der Waals surface area contributed by atoms with Gasteiger partial charge in [0.05, 0.1) is 4.90 Å². The summed E-state index contributed by atoms with van der Waals surface area (Å²) in [6.45, 7) is 5.92. The second kappa shape index (κ2) is 5.33. The molecule has 4 nitrogen and oxygen atoms in total. The second-order valence-electron chi connectivity index (χ2n) is 5.73. The molecule has 0 aromatic heterocycles. The number of rotatable bonds is 2. The lowest BCUT2D eigenvalue weighted by Crippen LogP contribution is -2.44. The summed E-state index contributed by atoms with van der Waals surface area (Å²) in [6, 6.07) is 2.34. The molecule has 2 rings (SSSR count). The Morgan fingerprint density at radius 2 is 1.95 bits per heavy atom. The van der Waals surface area contributed by atoms with Gasteiger partial charge >= 0.3 is 0 Å². The lowest BCUT2D eigenvalue weighted by molar-refractivity contribution is 0.218. The van der Waals surface area contributed by atoms with Crippen LogP contribution < -0.4 is 5.73 Å². The highest BCUT2D eigenvalue weighted by molar-refractivity contribution is 7.89. The average molecular weight is 300 g/mol. The van der Waals surface area contributed by atoms with Crippen LogP contribution in [0.3, 0.4) is 0 Å². The number of benzene rings is 1. The van der Waals surface area contributed by atoms with E-state index in [9.17, 15) is 12.8 Å². The largest absolute Gasteiger partial charge is 0.398 e. The van der Waals surface area contributed by atoms with E-state index in [1.807, 2.05) is 13.8 Å². The Bertz CT molecular complexity index is 593. The van der Waals surface area contributed by atoms with Crippen molar-refractivity contribution in [2.45, 2.75) is 44.6 Å². The number of sulfonamides is 1. The number of halogens is 1. The van der Waals surface area contributed by atoms with Gasteiger partial charge in [-0.15, -0.1) is 0 Å². The van der Waals surface area contributed by atoms with Gasteiger partial charge in [-0.05, 0) is 44.7 Å². The topological polar surface area (TPSA) is 63.4 Å². The van der Waals surface area contributed by atoms with Crippen LogP contribution in [0.4, 0.5) is 10.1 Å². The molecular formula is C14H21FN2O2S. The van der Waals surface area contributed by atoms with E-state index >= 15 is 0 Å². The van der Waals surface area contributed by atoms with Crippen LogP contribution in [0.25, 0.3) is 0 Å². The molecule has 1 aromatic rings. The second-order valence-corrected chi connectivity index (χ2v) is 7.62. The molecule has 1 aliphatic rings. The van der Waals surface area contributed by atoms with Gasteiger partial charge in [-0.25, -0.2) is 12.8 Å². The molecule has 6 heteroatoms. The van der Waals surface area contributed by atoms with Crippen molar-refractivity contribution in [3.63, 3.8) is 0 Å². The normalized spacial score (nSPS) is 24.8. The smallest absolute Gasteiger partial charge is 0.243 e. The summed E-state index contributed by atoms with van der Waals surface area (Å²) < 4.78 is 40.5. The summed E-state index contributed by atoms with van der Waals surface area (Å²) in [7, 11) is -3.69. The fourth-order valence-corrected chi connectivity index (χ4v) is 4.37. The van der Waals surface area contributed by atoms with Crippen LogP contribution in [0.15, 0.2) is 17.0 Å². The van der Waals surface area contributed by atoms with Gasteiger partial charge in [0, 0.05) is 23.8 Å². The SMILES string of the molecule is Cc1c(N)cc(S(=O)(=O)N2CC(C)CCC2C)cc1F. The van der Waals surface area contributed by atoms with Crippen LogP contribution in [0.2, 0.25) is 0 Å². The third kappa shape index (κ3) is 2.67. The molecule has 1 aliphatic heterocycles. The van der Waals surface area contributed by atoms with E-state index in [2.05, 4.69) is 0 Å². The molecule has 2 N–H and O–H groups in total. The summed E-state index contributed by atoms with van der Waals surface area (Å²) in [5.74, 6) is -0.269. The van der Waals surface area contributed by atoms with E-state index in [1.54, 1.807) is 0 Å². The standard InChI is InChI=1S/C14H21FN2O2S/c1-9-4-5-10(2)17(8-9)20(18,19)12-6-13(15)11(3)14(16)7-12/h6-7,9-10H,4-5,8,16H2,1-3H3. The number of anilines is 1. The van der Waals surface area contributed by atoms with Crippen LogP contribution >= 0.6 is 0 Å². The molecule has 2 atom stereocenters. The number of hydrogen-bond acceptors (Lipinski definition) is 3. The Kier molecular flexibility index (Phi) is 4.07. The monoisotopic (exact) mass is 300 g/mol. The first-order chi connectivity index (χ1) is 9.23. The first-order valence-corrected chi connectivity index (χ1v) is 8.25. The van der Waals surface area contributed by atoms with Crippen LogP contribution in [0, 0.1) is 18.7 Å². The molecule has 0 bridgehead atoms. The van der Waals surface area contributed by atoms with Crippen molar-refractivity contribution < 1.29 is 12.8 Å². The first-order valence-electron chi connectivity index (χ1n) is 6.81. The highest BCUT2D eigenvalue weighted by atomic mass is 32.2. The van der Waals surface area contributed by atoms with Gasteiger partial charge < -0.3 is 5.73 Å². The minimum Gasteiger partial charge on any atom is -0.398 e. The summed E-state index contributed by atoms with van der Waals surface area (Å²) in [5, 5.41) is 0. The Balaban J connectivity index is 2.44.